The van der Waals surface area contributed by atoms with Gasteiger partial charge < -0.3 is 15.6 Å². The van der Waals surface area contributed by atoms with Crippen LogP contribution in [-0.4, -0.2) is 21.8 Å². The fourth-order valence-corrected chi connectivity index (χ4v) is 2.46. The van der Waals surface area contributed by atoms with Crippen LogP contribution in [0.3, 0.4) is 0 Å². The van der Waals surface area contributed by atoms with Crippen molar-refractivity contribution in [1.82, 2.24) is 4.98 Å². The van der Waals surface area contributed by atoms with Crippen molar-refractivity contribution < 1.29 is 14.4 Å². The summed E-state index contributed by atoms with van der Waals surface area (Å²) >= 11 is 0. The molecule has 100 valence electrons. The molecule has 4 N–H and O–H groups in total. The van der Waals surface area contributed by atoms with Gasteiger partial charge in [0.1, 0.15) is 11.8 Å². The third kappa shape index (κ3) is 1.91. The maximum absolute atomic E-state index is 11.9. The predicted octanol–water partition coefficient (Wildman–Crippen LogP) is -0.0609. The third-order valence-corrected chi connectivity index (χ3v) is 3.84. The molecule has 1 aromatic heterocycles. The molecule has 1 fully saturated rings. The summed E-state index contributed by atoms with van der Waals surface area (Å²) in [5.74, 6) is 0.242. The van der Waals surface area contributed by atoms with E-state index in [-0.39, 0.29) is 23.5 Å². The van der Waals surface area contributed by atoms with Crippen LogP contribution in [0.5, 0.6) is 0 Å². The Morgan fingerprint density at radius 1 is 1.67 bits per heavy atom. The number of hydrogen-bond acceptors (Lipinski definition) is 4. The Bertz CT molecular complexity index is 498. The number of nitrogens with two attached hydrogens (primary N) is 1. The quantitative estimate of drug-likeness (QED) is 0.645. The molecule has 0 amide bonds. The lowest BCUT2D eigenvalue weighted by Gasteiger charge is -2.25. The van der Waals surface area contributed by atoms with Gasteiger partial charge in [0, 0.05) is 12.0 Å². The van der Waals surface area contributed by atoms with Crippen LogP contribution in [0.2, 0.25) is 0 Å². The summed E-state index contributed by atoms with van der Waals surface area (Å²) in [6, 6.07) is 1.57. The Balaban J connectivity index is 2.42. The van der Waals surface area contributed by atoms with Crippen molar-refractivity contribution in [1.29, 1.82) is 0 Å². The second kappa shape index (κ2) is 4.37. The summed E-state index contributed by atoms with van der Waals surface area (Å²) in [5.41, 5.74) is 4.03. The number of ether oxygens (including phenoxy) is 1. The predicted molar refractivity (Wildman–Crippen MR) is 65.7 cm³/mol. The first-order valence-electron chi connectivity index (χ1n) is 6.15. The molecule has 0 unspecified atom stereocenters. The number of aliphatic hydroxyl groups is 1. The minimum Gasteiger partial charge on any atom is -0.383 e. The van der Waals surface area contributed by atoms with E-state index < -0.39 is 11.8 Å². The standard InChI is InChI=1S/C12H19N3O3/c1-4-8-7(2)12(3,17)10(18-8)15-6-5-9(13)14-11(15)16/h5-8,10,17H,4H2,1-3H3,(H2,13,14,16)/p+1/t7-,8-,10-,12-/m1/s1. The number of aromatic amines is 1. The zero-order chi connectivity index (χ0) is 13.5. The highest BCUT2D eigenvalue weighted by Gasteiger charge is 2.53. The molecule has 1 saturated heterocycles. The molecule has 1 aliphatic heterocycles. The lowest BCUT2D eigenvalue weighted by molar-refractivity contribution is -0.786. The van der Waals surface area contributed by atoms with Crippen molar-refractivity contribution in [2.24, 2.45) is 5.92 Å². The smallest absolute Gasteiger partial charge is 0.383 e. The molecule has 0 radical (unpaired) electrons. The third-order valence-electron chi connectivity index (χ3n) is 3.84. The molecule has 2 rings (SSSR count). The van der Waals surface area contributed by atoms with Gasteiger partial charge in [-0.3, -0.25) is 0 Å². The fourth-order valence-electron chi connectivity index (χ4n) is 2.46. The number of nitrogens with one attached hydrogen (secondary N) is 1. The largest absolute Gasteiger partial charge is 0.499 e. The van der Waals surface area contributed by atoms with E-state index in [1.807, 2.05) is 13.8 Å². The van der Waals surface area contributed by atoms with Crippen LogP contribution in [0.1, 0.15) is 33.4 Å². The van der Waals surface area contributed by atoms with E-state index in [0.717, 1.165) is 6.42 Å². The average Bonchev–Trinajstić information content (AvgIpc) is 2.52. The Labute approximate surface area is 105 Å². The van der Waals surface area contributed by atoms with Crippen LogP contribution in [-0.2, 0) is 4.74 Å². The lowest BCUT2D eigenvalue weighted by atomic mass is 9.87. The van der Waals surface area contributed by atoms with Crippen LogP contribution >= 0.6 is 0 Å². The second-order valence-corrected chi connectivity index (χ2v) is 5.06. The van der Waals surface area contributed by atoms with Crippen LogP contribution < -0.4 is 16.0 Å². The van der Waals surface area contributed by atoms with Crippen LogP contribution in [0, 0.1) is 5.92 Å². The SMILES string of the molecule is CC[C@H]1O[C@@H]([n+]2ccc(N)[nH]c2=O)[C@](C)(O)[C@@H]1C. The maximum atomic E-state index is 11.9. The summed E-state index contributed by atoms with van der Waals surface area (Å²) < 4.78 is 7.15. The van der Waals surface area contributed by atoms with Gasteiger partial charge >= 0.3 is 5.69 Å². The Morgan fingerprint density at radius 2 is 2.33 bits per heavy atom. The Morgan fingerprint density at radius 3 is 2.83 bits per heavy atom. The van der Waals surface area contributed by atoms with Crippen molar-refractivity contribution in [3.8, 4) is 0 Å². The highest BCUT2D eigenvalue weighted by molar-refractivity contribution is 5.21. The van der Waals surface area contributed by atoms with E-state index in [0.29, 0.717) is 0 Å². The molecular formula is C12H20N3O3+. The van der Waals surface area contributed by atoms with Gasteiger partial charge in [-0.25, -0.2) is 0 Å². The average molecular weight is 254 g/mol. The van der Waals surface area contributed by atoms with Gasteiger partial charge in [-0.15, -0.1) is 0 Å². The normalized spacial score (nSPS) is 35.9. The maximum Gasteiger partial charge on any atom is 0.499 e. The van der Waals surface area contributed by atoms with Gasteiger partial charge in [-0.1, -0.05) is 13.8 Å². The van der Waals surface area contributed by atoms with Crippen LogP contribution in [0.15, 0.2) is 17.1 Å². The summed E-state index contributed by atoms with van der Waals surface area (Å²) in [4.78, 5) is 14.3. The van der Waals surface area contributed by atoms with E-state index in [1.165, 1.54) is 10.8 Å². The summed E-state index contributed by atoms with van der Waals surface area (Å²) in [6.07, 6.45) is 1.58. The molecule has 6 heteroatoms. The number of H-pyrrole nitrogens is 1. The lowest BCUT2D eigenvalue weighted by Crippen LogP contribution is -2.61. The zero-order valence-electron chi connectivity index (χ0n) is 10.9. The Hall–Kier alpha value is -1.40. The number of anilines is 1. The molecule has 6 nitrogen and oxygen atoms in total. The summed E-state index contributed by atoms with van der Waals surface area (Å²) in [6.45, 7) is 5.62. The van der Waals surface area contributed by atoms with Crippen molar-refractivity contribution in [2.45, 2.75) is 45.1 Å². The highest BCUT2D eigenvalue weighted by Crippen LogP contribution is 2.40. The molecule has 0 saturated carbocycles. The van der Waals surface area contributed by atoms with Crippen LogP contribution in [0.25, 0.3) is 0 Å². The monoisotopic (exact) mass is 254 g/mol. The number of nitrogen functional groups attached to an aromatic ring is 1. The fraction of sp³-hybridized carbons (Fsp3) is 0.667. The van der Waals surface area contributed by atoms with E-state index in [2.05, 4.69) is 4.98 Å². The molecule has 1 aliphatic rings. The topological polar surface area (TPSA) is 92.2 Å². The molecule has 18 heavy (non-hydrogen) atoms. The van der Waals surface area contributed by atoms with Gasteiger partial charge in [0.05, 0.1) is 6.10 Å². The molecule has 0 spiro atoms. The summed E-state index contributed by atoms with van der Waals surface area (Å²) in [7, 11) is 0. The molecule has 1 aromatic rings. The summed E-state index contributed by atoms with van der Waals surface area (Å²) in [5, 5.41) is 10.5. The highest BCUT2D eigenvalue weighted by atomic mass is 16.5. The number of hydrogen-bond donors (Lipinski definition) is 3. The van der Waals surface area contributed by atoms with E-state index in [4.69, 9.17) is 10.5 Å². The molecule has 2 heterocycles. The van der Waals surface area contributed by atoms with Gasteiger partial charge in [0.15, 0.2) is 5.82 Å². The number of rotatable bonds is 2. The zero-order valence-corrected chi connectivity index (χ0v) is 10.9. The first-order chi connectivity index (χ1) is 8.37. The molecule has 0 aliphatic carbocycles. The number of nitrogens with zero attached hydrogens (tertiary/aromatic N) is 1. The van der Waals surface area contributed by atoms with Crippen LogP contribution in [0.4, 0.5) is 5.82 Å². The van der Waals surface area contributed by atoms with Crippen molar-refractivity contribution >= 4 is 5.82 Å². The Kier molecular flexibility index (Phi) is 3.16. The van der Waals surface area contributed by atoms with E-state index in [1.54, 1.807) is 13.0 Å². The van der Waals surface area contributed by atoms with Gasteiger partial charge in [-0.05, 0) is 13.3 Å². The van der Waals surface area contributed by atoms with Gasteiger partial charge in [0.25, 0.3) is 0 Å². The van der Waals surface area contributed by atoms with Crippen molar-refractivity contribution in [3.05, 3.63) is 22.7 Å². The van der Waals surface area contributed by atoms with E-state index >= 15 is 0 Å². The molecule has 4 atom stereocenters. The van der Waals surface area contributed by atoms with Crippen molar-refractivity contribution in [2.75, 3.05) is 5.73 Å². The van der Waals surface area contributed by atoms with E-state index in [9.17, 15) is 9.90 Å². The minimum atomic E-state index is -1.09. The van der Waals surface area contributed by atoms with Gasteiger partial charge in [0.2, 0.25) is 6.23 Å². The molecule has 0 bridgehead atoms. The number of aromatic nitrogens is 2. The molecular weight excluding hydrogens is 234 g/mol. The minimum absolute atomic E-state index is 0.0445. The van der Waals surface area contributed by atoms with Crippen molar-refractivity contribution in [3.63, 3.8) is 0 Å². The first kappa shape index (κ1) is 13.0. The second-order valence-electron chi connectivity index (χ2n) is 5.06. The first-order valence-corrected chi connectivity index (χ1v) is 6.15. The molecule has 0 aromatic carbocycles. The van der Waals surface area contributed by atoms with Gasteiger partial charge in [-0.2, -0.15) is 14.3 Å².